The van der Waals surface area contributed by atoms with E-state index in [4.69, 9.17) is 9.47 Å². The van der Waals surface area contributed by atoms with Gasteiger partial charge >= 0.3 is 0 Å². The molecule has 1 aliphatic rings. The molecule has 1 saturated heterocycles. The molecule has 114 valence electrons. The number of likely N-dealkylation sites (N-methyl/N-ethyl adjacent to an activating group) is 1. The molecule has 0 aromatic carbocycles. The lowest BCUT2D eigenvalue weighted by Crippen LogP contribution is -2.39. The lowest BCUT2D eigenvalue weighted by atomic mass is 10.2. The summed E-state index contributed by atoms with van der Waals surface area (Å²) in [5, 5.41) is 13.1. The summed E-state index contributed by atoms with van der Waals surface area (Å²) in [5.41, 5.74) is 0. The number of likely N-dealkylation sites (tertiary alicyclic amines) is 1. The molecule has 0 aliphatic carbocycles. The Labute approximate surface area is 117 Å². The first-order valence-corrected chi connectivity index (χ1v) is 7.38. The first-order valence-electron chi connectivity index (χ1n) is 7.38. The van der Waals surface area contributed by atoms with Crippen molar-refractivity contribution >= 4 is 0 Å². The van der Waals surface area contributed by atoms with Crippen molar-refractivity contribution in [3.8, 4) is 0 Å². The highest BCUT2D eigenvalue weighted by Gasteiger charge is 2.20. The number of rotatable bonds is 10. The topological polar surface area (TPSA) is 54.0 Å². The zero-order chi connectivity index (χ0) is 14.1. The Morgan fingerprint density at radius 1 is 1.37 bits per heavy atom. The van der Waals surface area contributed by atoms with Crippen LogP contribution in [0.5, 0.6) is 0 Å². The van der Waals surface area contributed by atoms with Gasteiger partial charge in [0.05, 0.1) is 32.0 Å². The molecule has 0 radical (unpaired) electrons. The van der Waals surface area contributed by atoms with Crippen molar-refractivity contribution in [1.82, 2.24) is 10.2 Å². The van der Waals surface area contributed by atoms with E-state index in [0.717, 1.165) is 6.54 Å². The van der Waals surface area contributed by atoms with Crippen molar-refractivity contribution in [2.45, 2.75) is 44.9 Å². The van der Waals surface area contributed by atoms with Gasteiger partial charge in [-0.1, -0.05) is 0 Å². The Balaban J connectivity index is 1.91. The van der Waals surface area contributed by atoms with Crippen LogP contribution in [0, 0.1) is 0 Å². The molecule has 1 heterocycles. The van der Waals surface area contributed by atoms with Crippen LogP contribution in [-0.2, 0) is 9.47 Å². The Morgan fingerprint density at radius 3 is 2.79 bits per heavy atom. The van der Waals surface area contributed by atoms with E-state index in [-0.39, 0.29) is 6.10 Å². The van der Waals surface area contributed by atoms with Crippen molar-refractivity contribution in [1.29, 1.82) is 0 Å². The molecule has 1 rings (SSSR count). The van der Waals surface area contributed by atoms with Crippen LogP contribution < -0.4 is 5.32 Å². The fourth-order valence-electron chi connectivity index (χ4n) is 2.27. The third-order valence-electron chi connectivity index (χ3n) is 3.42. The minimum absolute atomic E-state index is 0.235. The number of nitrogens with zero attached hydrogens (tertiary/aromatic N) is 1. The zero-order valence-corrected chi connectivity index (χ0v) is 12.6. The van der Waals surface area contributed by atoms with Gasteiger partial charge in [0, 0.05) is 19.1 Å². The Hall–Kier alpha value is -0.200. The zero-order valence-electron chi connectivity index (χ0n) is 12.6. The van der Waals surface area contributed by atoms with Gasteiger partial charge in [-0.05, 0) is 40.3 Å². The fourth-order valence-corrected chi connectivity index (χ4v) is 2.27. The van der Waals surface area contributed by atoms with Crippen molar-refractivity contribution < 1.29 is 14.6 Å². The third-order valence-corrected chi connectivity index (χ3v) is 3.42. The molecule has 0 spiro atoms. The Morgan fingerprint density at radius 2 is 2.16 bits per heavy atom. The molecule has 19 heavy (non-hydrogen) atoms. The molecule has 5 heteroatoms. The summed E-state index contributed by atoms with van der Waals surface area (Å²) >= 11 is 0. The predicted molar refractivity (Wildman–Crippen MR) is 76.4 cm³/mol. The van der Waals surface area contributed by atoms with Crippen LogP contribution in [0.3, 0.4) is 0 Å². The summed E-state index contributed by atoms with van der Waals surface area (Å²) in [7, 11) is 2.16. The molecular weight excluding hydrogens is 244 g/mol. The van der Waals surface area contributed by atoms with E-state index in [2.05, 4.69) is 17.3 Å². The van der Waals surface area contributed by atoms with Crippen molar-refractivity contribution in [2.75, 3.05) is 46.5 Å². The summed E-state index contributed by atoms with van der Waals surface area (Å²) in [6, 6.07) is 0.618. The maximum atomic E-state index is 9.76. The van der Waals surface area contributed by atoms with Crippen LogP contribution >= 0.6 is 0 Å². The van der Waals surface area contributed by atoms with Crippen molar-refractivity contribution in [3.63, 3.8) is 0 Å². The quantitative estimate of drug-likeness (QED) is 0.567. The van der Waals surface area contributed by atoms with E-state index in [1.54, 1.807) is 0 Å². The van der Waals surface area contributed by atoms with Gasteiger partial charge < -0.3 is 24.8 Å². The van der Waals surface area contributed by atoms with E-state index >= 15 is 0 Å². The van der Waals surface area contributed by atoms with Crippen LogP contribution in [0.4, 0.5) is 0 Å². The summed E-state index contributed by atoms with van der Waals surface area (Å²) < 4.78 is 10.7. The largest absolute Gasteiger partial charge is 0.389 e. The van der Waals surface area contributed by atoms with Gasteiger partial charge in [0.25, 0.3) is 0 Å². The first-order chi connectivity index (χ1) is 9.09. The summed E-state index contributed by atoms with van der Waals surface area (Å²) in [5.74, 6) is 0. The molecule has 2 atom stereocenters. The Kier molecular flexibility index (Phi) is 8.57. The normalized spacial score (nSPS) is 22.3. The lowest BCUT2D eigenvalue weighted by Gasteiger charge is -2.20. The van der Waals surface area contributed by atoms with Gasteiger partial charge in [0.2, 0.25) is 0 Å². The van der Waals surface area contributed by atoms with Crippen LogP contribution in [0.2, 0.25) is 0 Å². The molecular formula is C14H30N2O3. The van der Waals surface area contributed by atoms with Gasteiger partial charge in [-0.15, -0.1) is 0 Å². The molecule has 0 amide bonds. The standard InChI is InChI=1S/C14H30N2O3/c1-12(2)19-8-7-18-11-14(17)10-15-9-13-5-4-6-16(13)3/h12-15,17H,4-11H2,1-3H3. The number of hydrogen-bond donors (Lipinski definition) is 2. The molecule has 1 fully saturated rings. The number of hydrogen-bond acceptors (Lipinski definition) is 5. The number of aliphatic hydroxyl groups is 1. The van der Waals surface area contributed by atoms with E-state index in [0.29, 0.717) is 32.4 Å². The molecule has 0 saturated carbocycles. The maximum absolute atomic E-state index is 9.76. The smallest absolute Gasteiger partial charge is 0.0897 e. The SMILES string of the molecule is CC(C)OCCOCC(O)CNCC1CCCN1C. The van der Waals surface area contributed by atoms with Crippen molar-refractivity contribution in [2.24, 2.45) is 0 Å². The lowest BCUT2D eigenvalue weighted by molar-refractivity contribution is -0.0101. The Bertz CT molecular complexity index is 227. The monoisotopic (exact) mass is 274 g/mol. The van der Waals surface area contributed by atoms with E-state index < -0.39 is 6.10 Å². The van der Waals surface area contributed by atoms with Crippen LogP contribution in [0.1, 0.15) is 26.7 Å². The number of aliphatic hydroxyl groups excluding tert-OH is 1. The molecule has 1 aliphatic heterocycles. The van der Waals surface area contributed by atoms with E-state index in [1.165, 1.54) is 19.4 Å². The first kappa shape index (κ1) is 16.9. The molecule has 0 aromatic rings. The van der Waals surface area contributed by atoms with Gasteiger partial charge in [0.1, 0.15) is 0 Å². The predicted octanol–water partition coefficient (Wildman–Crippen LogP) is 0.473. The molecule has 0 aromatic heterocycles. The minimum Gasteiger partial charge on any atom is -0.389 e. The summed E-state index contributed by atoms with van der Waals surface area (Å²) in [6.45, 7) is 8.23. The summed E-state index contributed by atoms with van der Waals surface area (Å²) in [4.78, 5) is 2.37. The fraction of sp³-hybridized carbons (Fsp3) is 1.00. The van der Waals surface area contributed by atoms with E-state index in [9.17, 15) is 5.11 Å². The molecule has 0 bridgehead atoms. The summed E-state index contributed by atoms with van der Waals surface area (Å²) in [6.07, 6.45) is 2.33. The van der Waals surface area contributed by atoms with Crippen molar-refractivity contribution in [3.05, 3.63) is 0 Å². The van der Waals surface area contributed by atoms with Gasteiger partial charge in [-0.2, -0.15) is 0 Å². The third kappa shape index (κ3) is 7.84. The highest BCUT2D eigenvalue weighted by molar-refractivity contribution is 4.78. The molecule has 2 unspecified atom stereocenters. The van der Waals surface area contributed by atoms with Crippen LogP contribution in [-0.4, -0.2) is 74.8 Å². The van der Waals surface area contributed by atoms with Crippen LogP contribution in [0.25, 0.3) is 0 Å². The maximum Gasteiger partial charge on any atom is 0.0897 e. The molecule has 5 nitrogen and oxygen atoms in total. The highest BCUT2D eigenvalue weighted by atomic mass is 16.5. The molecule has 2 N–H and O–H groups in total. The van der Waals surface area contributed by atoms with Crippen LogP contribution in [0.15, 0.2) is 0 Å². The average Bonchev–Trinajstić information content (AvgIpc) is 2.74. The van der Waals surface area contributed by atoms with E-state index in [1.807, 2.05) is 13.8 Å². The second kappa shape index (κ2) is 9.66. The second-order valence-electron chi connectivity index (χ2n) is 5.58. The van der Waals surface area contributed by atoms with Gasteiger partial charge in [0.15, 0.2) is 0 Å². The van der Waals surface area contributed by atoms with Gasteiger partial charge in [-0.3, -0.25) is 0 Å². The highest BCUT2D eigenvalue weighted by Crippen LogP contribution is 2.13. The van der Waals surface area contributed by atoms with Gasteiger partial charge in [-0.25, -0.2) is 0 Å². The number of ether oxygens (including phenoxy) is 2. The average molecular weight is 274 g/mol. The second-order valence-corrected chi connectivity index (χ2v) is 5.58. The number of nitrogens with one attached hydrogen (secondary N) is 1. The minimum atomic E-state index is -0.439.